The first-order chi connectivity index (χ1) is 6.20. The fraction of sp³-hybridized carbons (Fsp3) is 0.750. The van der Waals surface area contributed by atoms with Gasteiger partial charge in [0, 0.05) is 19.5 Å². The summed E-state index contributed by atoms with van der Waals surface area (Å²) < 4.78 is 4.41. The summed E-state index contributed by atoms with van der Waals surface area (Å²) >= 11 is 0. The van der Waals surface area contributed by atoms with E-state index < -0.39 is 0 Å². The first-order valence-electron chi connectivity index (χ1n) is 4.18. The van der Waals surface area contributed by atoms with Gasteiger partial charge in [-0.3, -0.25) is 9.59 Å². The smallest absolute Gasteiger partial charge is 0.307 e. The van der Waals surface area contributed by atoms with Gasteiger partial charge in [0.15, 0.2) is 0 Å². The third-order valence-electron chi connectivity index (χ3n) is 1.48. The predicted octanol–water partition coefficient (Wildman–Crippen LogP) is -0.725. The number of nitrogens with one attached hydrogen (secondary N) is 2. The highest BCUT2D eigenvalue weighted by atomic mass is 16.5. The van der Waals surface area contributed by atoms with Crippen molar-refractivity contribution in [3.05, 3.63) is 0 Å². The number of methoxy groups -OCH3 is 1. The Morgan fingerprint density at radius 3 is 2.46 bits per heavy atom. The molecule has 0 aromatic rings. The van der Waals surface area contributed by atoms with E-state index in [1.165, 1.54) is 7.11 Å². The third kappa shape index (κ3) is 7.27. The lowest BCUT2D eigenvalue weighted by molar-refractivity contribution is -0.140. The van der Waals surface area contributed by atoms with Crippen LogP contribution >= 0.6 is 0 Å². The van der Waals surface area contributed by atoms with E-state index in [0.717, 1.165) is 0 Å². The number of carbonyl (C=O) groups excluding carboxylic acids is 2. The van der Waals surface area contributed by atoms with Crippen LogP contribution < -0.4 is 10.6 Å². The van der Waals surface area contributed by atoms with Crippen molar-refractivity contribution in [3.8, 4) is 0 Å². The molecule has 0 atom stereocenters. The van der Waals surface area contributed by atoms with E-state index in [1.54, 1.807) is 7.05 Å². The summed E-state index contributed by atoms with van der Waals surface area (Å²) in [6.45, 7) is 0.985. The van der Waals surface area contributed by atoms with Gasteiger partial charge in [-0.2, -0.15) is 0 Å². The zero-order chi connectivity index (χ0) is 10.1. The van der Waals surface area contributed by atoms with Crippen LogP contribution in [-0.2, 0) is 14.3 Å². The number of ether oxygens (including phenoxy) is 1. The number of hydrogen-bond donors (Lipinski definition) is 2. The number of carbonyl (C=O) groups is 2. The molecule has 0 aromatic carbocycles. The second-order valence-electron chi connectivity index (χ2n) is 2.53. The summed E-state index contributed by atoms with van der Waals surface area (Å²) in [5.41, 5.74) is 0. The summed E-state index contributed by atoms with van der Waals surface area (Å²) in [5.74, 6) is -0.368. The molecule has 0 aromatic heterocycles. The van der Waals surface area contributed by atoms with E-state index in [2.05, 4.69) is 15.4 Å². The Balaban J connectivity index is 3.31. The van der Waals surface area contributed by atoms with Crippen molar-refractivity contribution in [1.29, 1.82) is 0 Å². The molecular weight excluding hydrogens is 172 g/mol. The van der Waals surface area contributed by atoms with Gasteiger partial charge < -0.3 is 15.4 Å². The molecule has 0 saturated heterocycles. The topological polar surface area (TPSA) is 67.4 Å². The van der Waals surface area contributed by atoms with E-state index in [0.29, 0.717) is 19.5 Å². The minimum atomic E-state index is -0.311. The molecule has 0 bridgehead atoms. The standard InChI is InChI=1S/C8H16N2O3/c1-9-5-3-7(11)10-6-4-8(12)13-2/h9H,3-6H2,1-2H3,(H,10,11). The van der Waals surface area contributed by atoms with Crippen LogP contribution in [0.5, 0.6) is 0 Å². The number of esters is 1. The maximum absolute atomic E-state index is 11.0. The lowest BCUT2D eigenvalue weighted by Gasteiger charge is -2.03. The zero-order valence-electron chi connectivity index (χ0n) is 8.05. The van der Waals surface area contributed by atoms with Gasteiger partial charge in [0.25, 0.3) is 0 Å². The summed E-state index contributed by atoms with van der Waals surface area (Å²) in [6, 6.07) is 0. The molecular formula is C8H16N2O3. The molecule has 13 heavy (non-hydrogen) atoms. The highest BCUT2D eigenvalue weighted by molar-refractivity contribution is 5.77. The second kappa shape index (κ2) is 7.54. The molecule has 2 N–H and O–H groups in total. The lowest BCUT2D eigenvalue weighted by atomic mass is 10.3. The van der Waals surface area contributed by atoms with Crippen molar-refractivity contribution in [2.45, 2.75) is 12.8 Å². The molecule has 0 aliphatic rings. The Morgan fingerprint density at radius 1 is 1.23 bits per heavy atom. The van der Waals surface area contributed by atoms with Crippen LogP contribution in [0, 0.1) is 0 Å². The van der Waals surface area contributed by atoms with Gasteiger partial charge >= 0.3 is 5.97 Å². The van der Waals surface area contributed by atoms with Gasteiger partial charge in [-0.25, -0.2) is 0 Å². The molecule has 0 heterocycles. The second-order valence-corrected chi connectivity index (χ2v) is 2.53. The lowest BCUT2D eigenvalue weighted by Crippen LogP contribution is -2.28. The van der Waals surface area contributed by atoms with Crippen LogP contribution in [0.25, 0.3) is 0 Å². The summed E-state index contributed by atoms with van der Waals surface area (Å²) in [4.78, 5) is 21.6. The van der Waals surface area contributed by atoms with E-state index in [9.17, 15) is 9.59 Å². The first kappa shape index (κ1) is 11.9. The highest BCUT2D eigenvalue weighted by Crippen LogP contribution is 1.82. The molecule has 5 nitrogen and oxygen atoms in total. The molecule has 0 aliphatic heterocycles. The van der Waals surface area contributed by atoms with Crippen LogP contribution in [0.1, 0.15) is 12.8 Å². The van der Waals surface area contributed by atoms with Crippen LogP contribution in [0.3, 0.4) is 0 Å². The zero-order valence-corrected chi connectivity index (χ0v) is 8.05. The predicted molar refractivity (Wildman–Crippen MR) is 48.2 cm³/mol. The van der Waals surface area contributed by atoms with Crippen LogP contribution in [0.2, 0.25) is 0 Å². The molecule has 0 radical (unpaired) electrons. The molecule has 0 spiro atoms. The number of hydrogen-bond acceptors (Lipinski definition) is 4. The molecule has 1 amide bonds. The van der Waals surface area contributed by atoms with Crippen molar-refractivity contribution in [2.75, 3.05) is 27.2 Å². The molecule has 0 rings (SSSR count). The molecule has 0 unspecified atom stereocenters. The molecule has 0 aliphatic carbocycles. The van der Waals surface area contributed by atoms with Crippen molar-refractivity contribution >= 4 is 11.9 Å². The Morgan fingerprint density at radius 2 is 1.92 bits per heavy atom. The minimum absolute atomic E-state index is 0.0572. The molecule has 0 fully saturated rings. The quantitative estimate of drug-likeness (QED) is 0.540. The van der Waals surface area contributed by atoms with Crippen molar-refractivity contribution in [2.24, 2.45) is 0 Å². The van der Waals surface area contributed by atoms with Crippen LogP contribution in [0.15, 0.2) is 0 Å². The van der Waals surface area contributed by atoms with Gasteiger partial charge in [0.05, 0.1) is 13.5 Å². The molecule has 0 saturated carbocycles. The molecule has 76 valence electrons. The van der Waals surface area contributed by atoms with E-state index in [1.807, 2.05) is 0 Å². The van der Waals surface area contributed by atoms with E-state index >= 15 is 0 Å². The number of rotatable bonds is 6. The van der Waals surface area contributed by atoms with Gasteiger partial charge in [0.2, 0.25) is 5.91 Å². The number of amides is 1. The van der Waals surface area contributed by atoms with E-state index in [4.69, 9.17) is 0 Å². The maximum Gasteiger partial charge on any atom is 0.307 e. The maximum atomic E-state index is 11.0. The Hall–Kier alpha value is -1.10. The van der Waals surface area contributed by atoms with Gasteiger partial charge in [0.1, 0.15) is 0 Å². The van der Waals surface area contributed by atoms with Gasteiger partial charge in [-0.15, -0.1) is 0 Å². The van der Waals surface area contributed by atoms with Gasteiger partial charge in [-0.1, -0.05) is 0 Å². The fourth-order valence-corrected chi connectivity index (χ4v) is 0.733. The highest BCUT2D eigenvalue weighted by Gasteiger charge is 2.02. The fourth-order valence-electron chi connectivity index (χ4n) is 0.733. The summed E-state index contributed by atoms with van der Waals surface area (Å²) in [6.07, 6.45) is 0.652. The third-order valence-corrected chi connectivity index (χ3v) is 1.48. The Kier molecular flexibility index (Phi) is 6.91. The SMILES string of the molecule is CNCCC(=O)NCCC(=O)OC. The van der Waals surface area contributed by atoms with E-state index in [-0.39, 0.29) is 18.3 Å². The Labute approximate surface area is 77.8 Å². The largest absolute Gasteiger partial charge is 0.469 e. The first-order valence-corrected chi connectivity index (χ1v) is 4.18. The van der Waals surface area contributed by atoms with Crippen molar-refractivity contribution in [1.82, 2.24) is 10.6 Å². The van der Waals surface area contributed by atoms with Crippen LogP contribution in [-0.4, -0.2) is 39.1 Å². The summed E-state index contributed by atoms with van der Waals surface area (Å²) in [5, 5.41) is 5.46. The van der Waals surface area contributed by atoms with Gasteiger partial charge in [-0.05, 0) is 7.05 Å². The Bertz CT molecular complexity index is 171. The summed E-state index contributed by atoms with van der Waals surface area (Å²) in [7, 11) is 3.10. The average molecular weight is 188 g/mol. The average Bonchev–Trinajstić information content (AvgIpc) is 2.14. The monoisotopic (exact) mass is 188 g/mol. The normalized spacial score (nSPS) is 9.38. The van der Waals surface area contributed by atoms with Crippen molar-refractivity contribution in [3.63, 3.8) is 0 Å². The van der Waals surface area contributed by atoms with Crippen molar-refractivity contribution < 1.29 is 14.3 Å². The molecule has 5 heteroatoms. The minimum Gasteiger partial charge on any atom is -0.469 e. The van der Waals surface area contributed by atoms with Crippen LogP contribution in [0.4, 0.5) is 0 Å².